The van der Waals surface area contributed by atoms with Crippen molar-refractivity contribution in [2.45, 2.75) is 18.9 Å². The van der Waals surface area contributed by atoms with E-state index in [0.29, 0.717) is 6.54 Å². The molecule has 18 heavy (non-hydrogen) atoms. The predicted molar refractivity (Wildman–Crippen MR) is 68.2 cm³/mol. The zero-order valence-corrected chi connectivity index (χ0v) is 11.4. The Morgan fingerprint density at radius 2 is 2.00 bits per heavy atom. The first-order valence-corrected chi connectivity index (χ1v) is 6.26. The summed E-state index contributed by atoms with van der Waals surface area (Å²) in [6.07, 6.45) is 2.23. The molecule has 1 aliphatic rings. The van der Waals surface area contributed by atoms with Crippen LogP contribution in [0.4, 0.5) is 0 Å². The fourth-order valence-electron chi connectivity index (χ4n) is 1.76. The number of amides is 2. The van der Waals surface area contributed by atoms with E-state index in [4.69, 9.17) is 4.74 Å². The molecule has 1 atom stereocenters. The largest absolute Gasteiger partial charge is 0.376 e. The number of ether oxygens (including phenoxy) is 1. The third kappa shape index (κ3) is 5.46. The topological polar surface area (TPSA) is 61.9 Å². The van der Waals surface area contributed by atoms with E-state index in [1.807, 2.05) is 0 Å². The molecule has 1 rings (SSSR count). The lowest BCUT2D eigenvalue weighted by Crippen LogP contribution is -2.42. The van der Waals surface area contributed by atoms with E-state index >= 15 is 0 Å². The second kappa shape index (κ2) is 7.33. The number of carbonyl (C=O) groups excluding carboxylic acids is 2. The Hall–Kier alpha value is -1.14. The average Bonchev–Trinajstić information content (AvgIpc) is 2.78. The standard InChI is InChI=1S/C12H23N3O3/c1-14(2)12(17)9-15(3)8-11(16)13-7-10-5-4-6-18-10/h10H,4-9H2,1-3H3,(H,13,16). The van der Waals surface area contributed by atoms with Crippen LogP contribution in [0.1, 0.15) is 12.8 Å². The minimum Gasteiger partial charge on any atom is -0.376 e. The van der Waals surface area contributed by atoms with Gasteiger partial charge in [0.2, 0.25) is 11.8 Å². The summed E-state index contributed by atoms with van der Waals surface area (Å²) in [6, 6.07) is 0. The lowest BCUT2D eigenvalue weighted by atomic mass is 10.2. The molecule has 1 fully saturated rings. The highest BCUT2D eigenvalue weighted by Crippen LogP contribution is 2.10. The maximum Gasteiger partial charge on any atom is 0.236 e. The van der Waals surface area contributed by atoms with E-state index < -0.39 is 0 Å². The molecule has 1 N–H and O–H groups in total. The highest BCUT2D eigenvalue weighted by atomic mass is 16.5. The summed E-state index contributed by atoms with van der Waals surface area (Å²) < 4.78 is 5.42. The molecular weight excluding hydrogens is 234 g/mol. The van der Waals surface area contributed by atoms with Gasteiger partial charge in [-0.3, -0.25) is 14.5 Å². The molecule has 0 aromatic rings. The van der Waals surface area contributed by atoms with E-state index in [1.165, 1.54) is 4.90 Å². The molecule has 0 saturated carbocycles. The van der Waals surface area contributed by atoms with Gasteiger partial charge >= 0.3 is 0 Å². The summed E-state index contributed by atoms with van der Waals surface area (Å²) >= 11 is 0. The van der Waals surface area contributed by atoms with E-state index in [2.05, 4.69) is 5.32 Å². The lowest BCUT2D eigenvalue weighted by Gasteiger charge is -2.19. The smallest absolute Gasteiger partial charge is 0.236 e. The van der Waals surface area contributed by atoms with Crippen LogP contribution < -0.4 is 5.32 Å². The van der Waals surface area contributed by atoms with E-state index in [-0.39, 0.29) is 31.0 Å². The summed E-state index contributed by atoms with van der Waals surface area (Å²) in [5.74, 6) is -0.0796. The van der Waals surface area contributed by atoms with Gasteiger partial charge in [-0.15, -0.1) is 0 Å². The van der Waals surface area contributed by atoms with E-state index in [0.717, 1.165) is 19.4 Å². The Balaban J connectivity index is 2.16. The maximum absolute atomic E-state index is 11.6. The third-order valence-electron chi connectivity index (χ3n) is 2.87. The van der Waals surface area contributed by atoms with Gasteiger partial charge < -0.3 is 15.0 Å². The summed E-state index contributed by atoms with van der Waals surface area (Å²) in [4.78, 5) is 26.3. The number of nitrogens with zero attached hydrogens (tertiary/aromatic N) is 2. The normalized spacial score (nSPS) is 19.0. The third-order valence-corrected chi connectivity index (χ3v) is 2.87. The minimum atomic E-state index is -0.0699. The molecule has 104 valence electrons. The van der Waals surface area contributed by atoms with Crippen molar-refractivity contribution >= 4 is 11.8 Å². The molecule has 6 nitrogen and oxygen atoms in total. The zero-order valence-electron chi connectivity index (χ0n) is 11.4. The van der Waals surface area contributed by atoms with Crippen LogP contribution in [0.2, 0.25) is 0 Å². The van der Waals surface area contributed by atoms with Crippen LogP contribution in [0, 0.1) is 0 Å². The van der Waals surface area contributed by atoms with Gasteiger partial charge in [-0.25, -0.2) is 0 Å². The fraction of sp³-hybridized carbons (Fsp3) is 0.833. The van der Waals surface area contributed by atoms with Crippen LogP contribution >= 0.6 is 0 Å². The first kappa shape index (κ1) is 14.9. The summed E-state index contributed by atoms with van der Waals surface area (Å²) in [5, 5.41) is 2.83. The minimum absolute atomic E-state index is 0.00979. The van der Waals surface area contributed by atoms with Crippen LogP contribution in [0.25, 0.3) is 0 Å². The van der Waals surface area contributed by atoms with Crippen molar-refractivity contribution in [3.63, 3.8) is 0 Å². The van der Waals surface area contributed by atoms with Gasteiger partial charge in [-0.1, -0.05) is 0 Å². The van der Waals surface area contributed by atoms with Crippen LogP contribution in [-0.4, -0.2) is 75.1 Å². The lowest BCUT2D eigenvalue weighted by molar-refractivity contribution is -0.130. The molecule has 1 saturated heterocycles. The molecule has 1 aliphatic heterocycles. The van der Waals surface area contributed by atoms with Crippen LogP contribution in [-0.2, 0) is 14.3 Å². The molecule has 0 aromatic carbocycles. The summed E-state index contributed by atoms with van der Waals surface area (Å²) in [5.41, 5.74) is 0. The first-order valence-electron chi connectivity index (χ1n) is 6.26. The molecule has 2 amide bonds. The molecule has 0 bridgehead atoms. The quantitative estimate of drug-likeness (QED) is 0.683. The summed E-state index contributed by atoms with van der Waals surface area (Å²) in [6.45, 7) is 1.83. The van der Waals surface area contributed by atoms with Crippen LogP contribution in [0.3, 0.4) is 0 Å². The van der Waals surface area contributed by atoms with Crippen molar-refractivity contribution in [2.75, 3.05) is 47.4 Å². The Labute approximate surface area is 108 Å². The highest BCUT2D eigenvalue weighted by Gasteiger charge is 2.17. The van der Waals surface area contributed by atoms with Gasteiger partial charge in [0.25, 0.3) is 0 Å². The Morgan fingerprint density at radius 1 is 1.28 bits per heavy atom. The monoisotopic (exact) mass is 257 g/mol. The number of hydrogen-bond acceptors (Lipinski definition) is 4. The molecule has 0 aliphatic carbocycles. The molecule has 6 heteroatoms. The number of nitrogens with one attached hydrogen (secondary N) is 1. The second-order valence-corrected chi connectivity index (χ2v) is 4.90. The molecule has 0 aromatic heterocycles. The van der Waals surface area contributed by atoms with E-state index in [1.54, 1.807) is 26.0 Å². The molecule has 0 radical (unpaired) electrons. The van der Waals surface area contributed by atoms with Crippen LogP contribution in [0.15, 0.2) is 0 Å². The number of carbonyl (C=O) groups is 2. The molecule has 0 spiro atoms. The van der Waals surface area contributed by atoms with Gasteiger partial charge in [0.15, 0.2) is 0 Å². The van der Waals surface area contributed by atoms with Gasteiger partial charge in [0.1, 0.15) is 0 Å². The van der Waals surface area contributed by atoms with Crippen LogP contribution in [0.5, 0.6) is 0 Å². The second-order valence-electron chi connectivity index (χ2n) is 4.90. The highest BCUT2D eigenvalue weighted by molar-refractivity contribution is 5.80. The zero-order chi connectivity index (χ0) is 13.5. The van der Waals surface area contributed by atoms with Crippen molar-refractivity contribution in [2.24, 2.45) is 0 Å². The Morgan fingerprint density at radius 3 is 2.56 bits per heavy atom. The van der Waals surface area contributed by atoms with Crippen molar-refractivity contribution in [3.05, 3.63) is 0 Å². The van der Waals surface area contributed by atoms with Crippen molar-refractivity contribution in [1.29, 1.82) is 0 Å². The molecule has 1 unspecified atom stereocenters. The number of hydrogen-bond donors (Lipinski definition) is 1. The van der Waals surface area contributed by atoms with Crippen molar-refractivity contribution in [1.82, 2.24) is 15.1 Å². The van der Waals surface area contributed by atoms with Gasteiger partial charge in [0, 0.05) is 27.2 Å². The first-order chi connectivity index (χ1) is 8.49. The van der Waals surface area contributed by atoms with Gasteiger partial charge in [-0.05, 0) is 19.9 Å². The molecular formula is C12H23N3O3. The average molecular weight is 257 g/mol. The maximum atomic E-state index is 11.6. The Bertz CT molecular complexity index is 288. The molecule has 1 heterocycles. The number of likely N-dealkylation sites (N-methyl/N-ethyl adjacent to an activating group) is 2. The van der Waals surface area contributed by atoms with Gasteiger partial charge in [-0.2, -0.15) is 0 Å². The SMILES string of the molecule is CN(CC(=O)NCC1CCCO1)CC(=O)N(C)C. The predicted octanol–water partition coefficient (Wildman–Crippen LogP) is -0.698. The van der Waals surface area contributed by atoms with Crippen molar-refractivity contribution < 1.29 is 14.3 Å². The summed E-state index contributed by atoms with van der Waals surface area (Å²) in [7, 11) is 5.16. The van der Waals surface area contributed by atoms with Crippen molar-refractivity contribution in [3.8, 4) is 0 Å². The Kier molecular flexibility index (Phi) is 6.07. The fourth-order valence-corrected chi connectivity index (χ4v) is 1.76. The number of rotatable bonds is 6. The van der Waals surface area contributed by atoms with E-state index in [9.17, 15) is 9.59 Å². The van der Waals surface area contributed by atoms with Gasteiger partial charge in [0.05, 0.1) is 19.2 Å².